The molecule has 0 radical (unpaired) electrons. The number of carbonyl (C=O) groups excluding carboxylic acids is 1. The van der Waals surface area contributed by atoms with E-state index < -0.39 is 42.0 Å². The van der Waals surface area contributed by atoms with E-state index in [0.717, 1.165) is 0 Å². The molecule has 1 aliphatic rings. The largest absolute Gasteiger partial charge is 0.361 e. The number of fused-ring (bicyclic) bond motifs is 1. The number of carbonyl (C=O) groups is 1. The van der Waals surface area contributed by atoms with Crippen LogP contribution in [0.25, 0.3) is 0 Å². The van der Waals surface area contributed by atoms with Crippen LogP contribution >= 0.6 is 0 Å². The van der Waals surface area contributed by atoms with Crippen LogP contribution in [0.2, 0.25) is 0 Å². The molecule has 3 rings (SSSR count). The summed E-state index contributed by atoms with van der Waals surface area (Å²) in [5, 5.41) is 4.06. The topological polar surface area (TPSA) is 156 Å². The van der Waals surface area contributed by atoms with Crippen LogP contribution in [0, 0.1) is 6.92 Å². The van der Waals surface area contributed by atoms with Crippen molar-refractivity contribution in [2.45, 2.75) is 64.5 Å². The lowest BCUT2D eigenvalue weighted by Gasteiger charge is -2.27. The minimum atomic E-state index is -3.98. The number of sulfone groups is 1. The van der Waals surface area contributed by atoms with Crippen LogP contribution in [0.5, 0.6) is 5.88 Å². The Hall–Kier alpha value is -2.29. The molecule has 0 spiro atoms. The van der Waals surface area contributed by atoms with Crippen LogP contribution in [0.4, 0.5) is 0 Å². The van der Waals surface area contributed by atoms with Gasteiger partial charge < -0.3 is 4.18 Å². The van der Waals surface area contributed by atoms with Crippen LogP contribution in [0.15, 0.2) is 23.2 Å². The van der Waals surface area contributed by atoms with Crippen molar-refractivity contribution in [1.82, 2.24) is 9.78 Å². The third kappa shape index (κ3) is 5.82. The van der Waals surface area contributed by atoms with Gasteiger partial charge in [0.2, 0.25) is 5.88 Å². The number of hydrogen-bond donors (Lipinski definition) is 0. The van der Waals surface area contributed by atoms with Gasteiger partial charge in [0.1, 0.15) is 11.7 Å². The summed E-state index contributed by atoms with van der Waals surface area (Å²) < 4.78 is 86.7. The molecule has 1 aliphatic heterocycles. The minimum absolute atomic E-state index is 0.0562. The van der Waals surface area contributed by atoms with Gasteiger partial charge in [0.25, 0.3) is 10.1 Å². The average Bonchev–Trinajstić information content (AvgIpc) is 3.17. The molecule has 1 atom stereocenters. The highest BCUT2D eigenvalue weighted by molar-refractivity contribution is 7.91. The first-order valence-electron chi connectivity index (χ1n) is 11.6. The Morgan fingerprint density at radius 2 is 1.69 bits per heavy atom. The maximum atomic E-state index is 13.6. The summed E-state index contributed by atoms with van der Waals surface area (Å²) in [4.78, 5) is 13.5. The van der Waals surface area contributed by atoms with Crippen LogP contribution < -0.4 is 4.18 Å². The maximum absolute atomic E-state index is 13.6. The zero-order chi connectivity index (χ0) is 26.9. The molecule has 0 amide bonds. The lowest BCUT2D eigenvalue weighted by atomic mass is 9.93. The van der Waals surface area contributed by atoms with E-state index in [1.54, 1.807) is 20.8 Å². The van der Waals surface area contributed by atoms with Gasteiger partial charge in [0, 0.05) is 17.7 Å². The van der Waals surface area contributed by atoms with Crippen molar-refractivity contribution in [3.63, 3.8) is 0 Å². The third-order valence-electron chi connectivity index (χ3n) is 5.74. The number of nitrogens with zero attached hydrogens (tertiary/aromatic N) is 2. The number of aryl methyl sites for hydroxylation is 1. The van der Waals surface area contributed by atoms with Gasteiger partial charge in [-0.1, -0.05) is 13.8 Å². The summed E-state index contributed by atoms with van der Waals surface area (Å²) in [6.07, 6.45) is 0.661. The zero-order valence-electron chi connectivity index (χ0n) is 20.6. The van der Waals surface area contributed by atoms with E-state index in [1.807, 2.05) is 0 Å². The average molecular weight is 563 g/mol. The second-order valence-electron chi connectivity index (χ2n) is 8.46. The Labute approximate surface area is 212 Å². The fourth-order valence-electron chi connectivity index (χ4n) is 4.11. The van der Waals surface area contributed by atoms with E-state index in [9.17, 15) is 30.0 Å². The molecule has 0 saturated carbocycles. The first-order valence-corrected chi connectivity index (χ1v) is 16.4. The maximum Gasteiger partial charge on any atom is 0.310 e. The minimum Gasteiger partial charge on any atom is -0.361 e. The highest BCUT2D eigenvalue weighted by atomic mass is 32.2. The van der Waals surface area contributed by atoms with Gasteiger partial charge in [-0.2, -0.15) is 21.9 Å². The van der Waals surface area contributed by atoms with Gasteiger partial charge in [0.15, 0.2) is 15.6 Å². The zero-order valence-corrected chi connectivity index (χ0v) is 23.0. The van der Waals surface area contributed by atoms with Gasteiger partial charge in [-0.15, -0.1) is 0 Å². The molecule has 1 aromatic carbocycles. The van der Waals surface area contributed by atoms with Crippen LogP contribution in [0.3, 0.4) is 0 Å². The van der Waals surface area contributed by atoms with E-state index in [2.05, 4.69) is 5.10 Å². The highest BCUT2D eigenvalue weighted by Crippen LogP contribution is 2.40. The van der Waals surface area contributed by atoms with Crippen molar-refractivity contribution in [3.8, 4) is 5.88 Å². The molecule has 1 unspecified atom stereocenters. The Kier molecular flexibility index (Phi) is 8.33. The van der Waals surface area contributed by atoms with Gasteiger partial charge in [0.05, 0.1) is 28.4 Å². The molecule has 0 saturated heterocycles. The summed E-state index contributed by atoms with van der Waals surface area (Å²) in [5.74, 6) is -1.66. The number of hydrogen-bond acceptors (Lipinski definition) is 10. The van der Waals surface area contributed by atoms with Gasteiger partial charge in [-0.05, 0) is 50.8 Å². The predicted molar refractivity (Wildman–Crippen MR) is 132 cm³/mol. The molecule has 2 heterocycles. The fraction of sp³-hybridized carbons (Fsp3) is 0.545. The van der Waals surface area contributed by atoms with Crippen molar-refractivity contribution < 1.29 is 38.4 Å². The first kappa shape index (κ1) is 28.3. The Balaban J connectivity index is 2.13. The second-order valence-corrected chi connectivity index (χ2v) is 13.9. The van der Waals surface area contributed by atoms with E-state index in [1.165, 1.54) is 29.9 Å². The number of aromatic nitrogens is 2. The lowest BCUT2D eigenvalue weighted by molar-refractivity contribution is 0.103. The third-order valence-corrected chi connectivity index (χ3v) is 10.3. The van der Waals surface area contributed by atoms with Crippen LogP contribution in [-0.4, -0.2) is 58.1 Å². The van der Waals surface area contributed by atoms with Crippen LogP contribution in [0.1, 0.15) is 73.2 Å². The molecule has 14 heteroatoms. The fourth-order valence-corrected chi connectivity index (χ4v) is 7.89. The molecule has 0 N–H and O–H groups in total. The Bertz CT molecular complexity index is 1470. The summed E-state index contributed by atoms with van der Waals surface area (Å²) in [6.45, 7) is 6.80. The molecule has 36 heavy (non-hydrogen) atoms. The van der Waals surface area contributed by atoms with Crippen molar-refractivity contribution in [1.29, 1.82) is 0 Å². The van der Waals surface area contributed by atoms with Crippen molar-refractivity contribution in [2.75, 3.05) is 17.3 Å². The summed E-state index contributed by atoms with van der Waals surface area (Å²) in [5.41, 5.74) is 0.273. The molecule has 1 aromatic heterocycles. The van der Waals surface area contributed by atoms with E-state index in [-0.39, 0.29) is 63.3 Å². The first-order chi connectivity index (χ1) is 16.8. The highest BCUT2D eigenvalue weighted by Gasteiger charge is 2.37. The lowest BCUT2D eigenvalue weighted by Crippen LogP contribution is -2.26. The molecule has 200 valence electrons. The molecule has 0 bridgehead atoms. The smallest absolute Gasteiger partial charge is 0.310 e. The molecule has 2 aromatic rings. The van der Waals surface area contributed by atoms with E-state index in [4.69, 9.17) is 8.37 Å². The van der Waals surface area contributed by atoms with Crippen LogP contribution in [-0.2, 0) is 40.8 Å². The number of rotatable bonds is 11. The van der Waals surface area contributed by atoms with Crippen molar-refractivity contribution in [3.05, 3.63) is 40.6 Å². The molecule has 0 aliphatic carbocycles. The quantitative estimate of drug-likeness (QED) is 0.294. The Morgan fingerprint density at radius 3 is 2.31 bits per heavy atom. The summed E-state index contributed by atoms with van der Waals surface area (Å²) in [6, 6.07) is 2.58. The normalized spacial score (nSPS) is 17.5. The summed E-state index contributed by atoms with van der Waals surface area (Å²) >= 11 is 0. The molecule has 0 fully saturated rings. The SMILES string of the molecule is CCCS(=O)(=O)Oc1c(C(=O)c2ccc3c(c2C)C(OS(=O)(=O)CCC)CCS3(=O)=O)cnn1CC. The van der Waals surface area contributed by atoms with Crippen molar-refractivity contribution in [2.24, 2.45) is 0 Å². The van der Waals surface area contributed by atoms with Crippen molar-refractivity contribution >= 4 is 35.9 Å². The van der Waals surface area contributed by atoms with Gasteiger partial charge in [-0.3, -0.25) is 8.98 Å². The van der Waals surface area contributed by atoms with Gasteiger partial charge >= 0.3 is 10.1 Å². The molecular formula is C22H30N2O9S3. The predicted octanol–water partition coefficient (Wildman–Crippen LogP) is 2.54. The number of ketones is 1. The standard InChI is InChI=1S/C22H30N2O9S3/c1-5-11-35(28,29)32-18-10-13-34(26,27)19-9-8-16(15(4)20(18)19)21(25)17-14-23-24(7-3)22(17)33-36(30,31)12-6-2/h8-9,14,18H,5-7,10-13H2,1-4H3. The molecular weight excluding hydrogens is 532 g/mol. The number of benzene rings is 1. The molecule has 11 nitrogen and oxygen atoms in total. The van der Waals surface area contributed by atoms with Gasteiger partial charge in [-0.25, -0.2) is 13.1 Å². The summed E-state index contributed by atoms with van der Waals surface area (Å²) in [7, 11) is -11.6. The monoisotopic (exact) mass is 562 g/mol. The van der Waals surface area contributed by atoms with E-state index >= 15 is 0 Å². The Morgan fingerprint density at radius 1 is 1.06 bits per heavy atom. The second kappa shape index (κ2) is 10.6. The van der Waals surface area contributed by atoms with E-state index in [0.29, 0.717) is 12.8 Å².